The zero-order valence-electron chi connectivity index (χ0n) is 17.9. The van der Waals surface area contributed by atoms with Gasteiger partial charge in [-0.25, -0.2) is 9.59 Å². The van der Waals surface area contributed by atoms with Crippen LogP contribution in [0.15, 0.2) is 66.7 Å². The first-order valence-electron chi connectivity index (χ1n) is 9.88. The average molecular weight is 482 g/mol. The molecule has 0 bridgehead atoms. The van der Waals surface area contributed by atoms with Gasteiger partial charge in [-0.3, -0.25) is 30.9 Å². The molecule has 0 aromatic heterocycles. The van der Waals surface area contributed by atoms with Gasteiger partial charge in [-0.2, -0.15) is 0 Å². The van der Waals surface area contributed by atoms with Crippen molar-refractivity contribution in [1.29, 1.82) is 0 Å². The minimum Gasteiger partial charge on any atom is -0.508 e. The van der Waals surface area contributed by atoms with Crippen LogP contribution < -0.4 is 10.6 Å². The zero-order valence-corrected chi connectivity index (χ0v) is 17.9. The number of nitro benzene ring substituents is 2. The molecule has 0 unspecified atom stereocenters. The van der Waals surface area contributed by atoms with Gasteiger partial charge in [0.1, 0.15) is 19.0 Å². The van der Waals surface area contributed by atoms with Gasteiger partial charge in [0.2, 0.25) is 0 Å². The number of phenolic OH excluding ortho intramolecular Hbond substituents is 1. The van der Waals surface area contributed by atoms with Gasteiger partial charge >= 0.3 is 12.2 Å². The zero-order chi connectivity index (χ0) is 25.4. The maximum Gasteiger partial charge on any atom is 0.411 e. The number of nitrogens with one attached hydrogen (secondary N) is 2. The van der Waals surface area contributed by atoms with Gasteiger partial charge in [0.05, 0.1) is 9.85 Å². The first kappa shape index (κ1) is 24.4. The Kier molecular flexibility index (Phi) is 7.74. The van der Waals surface area contributed by atoms with Crippen molar-refractivity contribution in [2.45, 2.75) is 13.2 Å². The summed E-state index contributed by atoms with van der Waals surface area (Å²) in [5, 5.41) is 36.0. The number of nitrogens with zero attached hydrogens (tertiary/aromatic N) is 2. The van der Waals surface area contributed by atoms with E-state index < -0.39 is 22.0 Å². The second kappa shape index (κ2) is 11.1. The van der Waals surface area contributed by atoms with Crippen molar-refractivity contribution in [2.24, 2.45) is 0 Å². The molecule has 13 heteroatoms. The summed E-state index contributed by atoms with van der Waals surface area (Å²) in [5.74, 6) is -0.260. The number of nitro groups is 2. The minimum absolute atomic E-state index is 0.0933. The van der Waals surface area contributed by atoms with Gasteiger partial charge in [-0.15, -0.1) is 0 Å². The second-order valence-electron chi connectivity index (χ2n) is 7.02. The molecule has 0 aliphatic rings. The predicted molar refractivity (Wildman–Crippen MR) is 122 cm³/mol. The molecule has 13 nitrogen and oxygen atoms in total. The quantitative estimate of drug-likeness (QED) is 0.302. The summed E-state index contributed by atoms with van der Waals surface area (Å²) in [6.45, 7) is -0.300. The number of phenols is 1. The number of anilines is 2. The van der Waals surface area contributed by atoms with Crippen molar-refractivity contribution < 1.29 is 34.0 Å². The van der Waals surface area contributed by atoms with Gasteiger partial charge in [0, 0.05) is 47.8 Å². The molecule has 2 amide bonds. The lowest BCUT2D eigenvalue weighted by molar-refractivity contribution is -0.385. The summed E-state index contributed by atoms with van der Waals surface area (Å²) >= 11 is 0. The Morgan fingerprint density at radius 1 is 0.714 bits per heavy atom. The Labute approximate surface area is 197 Å². The SMILES string of the molecule is O=C(Nc1cc(O)cc(NC(=O)OCc2ccc([N+](=O)[O-])cc2)c1)OCc1ccc([N+](=O)[O-])cc1. The fourth-order valence-electron chi connectivity index (χ4n) is 2.79. The van der Waals surface area contributed by atoms with Crippen LogP contribution in [0.2, 0.25) is 0 Å². The van der Waals surface area contributed by atoms with Crippen LogP contribution in [0, 0.1) is 20.2 Å². The molecule has 0 spiro atoms. The Balaban J connectivity index is 1.51. The first-order chi connectivity index (χ1) is 16.7. The minimum atomic E-state index is -0.861. The fourth-order valence-corrected chi connectivity index (χ4v) is 2.79. The smallest absolute Gasteiger partial charge is 0.411 e. The molecule has 0 aliphatic carbocycles. The molecule has 0 atom stereocenters. The summed E-state index contributed by atoms with van der Waals surface area (Å²) in [4.78, 5) is 44.4. The third kappa shape index (κ3) is 7.42. The molecule has 35 heavy (non-hydrogen) atoms. The normalized spacial score (nSPS) is 10.2. The van der Waals surface area contributed by atoms with Crippen LogP contribution in [0.1, 0.15) is 11.1 Å². The molecule has 0 heterocycles. The summed E-state index contributed by atoms with van der Waals surface area (Å²) < 4.78 is 10.1. The van der Waals surface area contributed by atoms with E-state index in [1.807, 2.05) is 0 Å². The maximum atomic E-state index is 12.1. The number of carbonyl (C=O) groups is 2. The number of ether oxygens (including phenoxy) is 2. The van der Waals surface area contributed by atoms with Crippen LogP contribution >= 0.6 is 0 Å². The average Bonchev–Trinajstić information content (AvgIpc) is 2.81. The van der Waals surface area contributed by atoms with Gasteiger partial charge < -0.3 is 14.6 Å². The molecule has 0 aliphatic heterocycles. The van der Waals surface area contributed by atoms with E-state index in [9.17, 15) is 34.9 Å². The van der Waals surface area contributed by atoms with Crippen molar-refractivity contribution >= 4 is 34.9 Å². The van der Waals surface area contributed by atoms with Crippen LogP contribution in [-0.2, 0) is 22.7 Å². The molecule has 3 N–H and O–H groups in total. The lowest BCUT2D eigenvalue weighted by Crippen LogP contribution is -2.15. The fraction of sp³-hybridized carbons (Fsp3) is 0.0909. The van der Waals surface area contributed by atoms with Crippen molar-refractivity contribution in [3.05, 3.63) is 98.1 Å². The molecule has 3 aromatic rings. The van der Waals surface area contributed by atoms with E-state index in [1.54, 1.807) is 0 Å². The van der Waals surface area contributed by atoms with E-state index in [0.29, 0.717) is 11.1 Å². The lowest BCUT2D eigenvalue weighted by atomic mass is 10.2. The molecule has 3 rings (SSSR count). The highest BCUT2D eigenvalue weighted by molar-refractivity contribution is 5.89. The number of hydrogen-bond donors (Lipinski definition) is 3. The molecule has 0 saturated heterocycles. The summed E-state index contributed by atoms with van der Waals surface area (Å²) in [5.41, 5.74) is 1.10. The third-order valence-corrected chi connectivity index (χ3v) is 4.44. The lowest BCUT2D eigenvalue weighted by Gasteiger charge is -2.11. The molecule has 0 saturated carbocycles. The largest absolute Gasteiger partial charge is 0.508 e. The highest BCUT2D eigenvalue weighted by Crippen LogP contribution is 2.24. The third-order valence-electron chi connectivity index (χ3n) is 4.44. The number of aromatic hydroxyl groups is 1. The topological polar surface area (TPSA) is 183 Å². The van der Waals surface area contributed by atoms with Crippen LogP contribution in [0.3, 0.4) is 0 Å². The highest BCUT2D eigenvalue weighted by Gasteiger charge is 2.11. The summed E-state index contributed by atoms with van der Waals surface area (Å²) in [7, 11) is 0. The number of non-ortho nitro benzene ring substituents is 2. The second-order valence-corrected chi connectivity index (χ2v) is 7.02. The number of carbonyl (C=O) groups excluding carboxylic acids is 2. The van der Waals surface area contributed by atoms with Crippen molar-refractivity contribution in [1.82, 2.24) is 0 Å². The number of amides is 2. The molecule has 0 radical (unpaired) electrons. The Hall–Kier alpha value is -5.20. The Morgan fingerprint density at radius 2 is 1.09 bits per heavy atom. The number of benzene rings is 3. The predicted octanol–water partition coefficient (Wildman–Crippen LogP) is 4.71. The van der Waals surface area contributed by atoms with Crippen LogP contribution in [0.25, 0.3) is 0 Å². The van der Waals surface area contributed by atoms with Crippen LogP contribution in [-0.4, -0.2) is 27.1 Å². The van der Waals surface area contributed by atoms with Crippen LogP contribution in [0.4, 0.5) is 32.3 Å². The highest BCUT2D eigenvalue weighted by atomic mass is 16.6. The van der Waals surface area contributed by atoms with E-state index >= 15 is 0 Å². The van der Waals surface area contributed by atoms with E-state index in [0.717, 1.165) is 0 Å². The van der Waals surface area contributed by atoms with E-state index in [1.165, 1.54) is 66.7 Å². The first-order valence-corrected chi connectivity index (χ1v) is 9.88. The molecule has 3 aromatic carbocycles. The van der Waals surface area contributed by atoms with Gasteiger partial charge in [0.25, 0.3) is 11.4 Å². The standard InChI is InChI=1S/C22H18N4O9/c27-20-10-16(23-21(28)34-12-14-1-5-18(6-2-14)25(30)31)9-17(11-20)24-22(29)35-13-15-3-7-19(8-4-15)26(32)33/h1-11,27H,12-13H2,(H,23,28)(H,24,29). The number of rotatable bonds is 8. The maximum absolute atomic E-state index is 12.1. The van der Waals surface area contributed by atoms with E-state index in [2.05, 4.69) is 10.6 Å². The molecule has 0 fully saturated rings. The van der Waals surface area contributed by atoms with Crippen molar-refractivity contribution in [3.63, 3.8) is 0 Å². The Bertz CT molecular complexity index is 1150. The molecular formula is C22H18N4O9. The Morgan fingerprint density at radius 3 is 1.43 bits per heavy atom. The van der Waals surface area contributed by atoms with Gasteiger partial charge in [0.15, 0.2) is 0 Å². The van der Waals surface area contributed by atoms with Crippen molar-refractivity contribution in [2.75, 3.05) is 10.6 Å². The molecule has 180 valence electrons. The molecular weight excluding hydrogens is 464 g/mol. The van der Waals surface area contributed by atoms with Crippen LogP contribution in [0.5, 0.6) is 5.75 Å². The van der Waals surface area contributed by atoms with Gasteiger partial charge in [-0.05, 0) is 41.5 Å². The monoisotopic (exact) mass is 482 g/mol. The van der Waals surface area contributed by atoms with E-state index in [4.69, 9.17) is 9.47 Å². The number of hydrogen-bond acceptors (Lipinski definition) is 9. The van der Waals surface area contributed by atoms with Gasteiger partial charge in [-0.1, -0.05) is 0 Å². The van der Waals surface area contributed by atoms with Crippen molar-refractivity contribution in [3.8, 4) is 5.75 Å². The van der Waals surface area contributed by atoms with E-state index in [-0.39, 0.29) is 41.7 Å². The summed E-state index contributed by atoms with van der Waals surface area (Å²) in [6, 6.07) is 14.7. The summed E-state index contributed by atoms with van der Waals surface area (Å²) in [6.07, 6.45) is -1.72.